The molecular weight excluding hydrogens is 533 g/mol. The molecule has 0 saturated carbocycles. The van der Waals surface area contributed by atoms with Crippen LogP contribution in [0.25, 0.3) is 6.08 Å². The van der Waals surface area contributed by atoms with Crippen molar-refractivity contribution < 1.29 is 29.0 Å². The fourth-order valence-electron chi connectivity index (χ4n) is 3.65. The van der Waals surface area contributed by atoms with E-state index in [1.807, 2.05) is 13.0 Å². The summed E-state index contributed by atoms with van der Waals surface area (Å²) < 4.78 is 5.71. The molecule has 1 fully saturated rings. The van der Waals surface area contributed by atoms with E-state index in [4.69, 9.17) is 33.0 Å². The predicted molar refractivity (Wildman–Crippen MR) is 142 cm³/mol. The fourth-order valence-corrected chi connectivity index (χ4v) is 4.26. The minimum Gasteiger partial charge on any atom is -0.486 e. The molecule has 38 heavy (non-hydrogen) atoms. The van der Waals surface area contributed by atoms with Crippen LogP contribution < -0.4 is 15.4 Å². The van der Waals surface area contributed by atoms with Crippen molar-refractivity contribution in [3.05, 3.63) is 98.7 Å². The van der Waals surface area contributed by atoms with E-state index >= 15 is 0 Å². The summed E-state index contributed by atoms with van der Waals surface area (Å²) in [7, 11) is 0. The molecule has 4 rings (SSSR count). The number of carbonyl (C=O) groups is 4. The van der Waals surface area contributed by atoms with Crippen molar-refractivity contribution in [1.82, 2.24) is 10.2 Å². The minimum absolute atomic E-state index is 0.0438. The Morgan fingerprint density at radius 3 is 2.37 bits per heavy atom. The van der Waals surface area contributed by atoms with Crippen LogP contribution in [0.4, 0.5) is 10.5 Å². The Hall–Kier alpha value is -4.34. The number of carboxylic acid groups (broad SMARTS) is 1. The molecule has 0 aliphatic carbocycles. The van der Waals surface area contributed by atoms with Gasteiger partial charge in [0.2, 0.25) is 5.91 Å². The van der Waals surface area contributed by atoms with E-state index in [9.17, 15) is 19.2 Å². The van der Waals surface area contributed by atoms with Crippen LogP contribution in [0.3, 0.4) is 0 Å². The maximum atomic E-state index is 12.8. The summed E-state index contributed by atoms with van der Waals surface area (Å²) in [5.74, 6) is -2.02. The van der Waals surface area contributed by atoms with Crippen molar-refractivity contribution in [2.45, 2.75) is 13.5 Å². The van der Waals surface area contributed by atoms with E-state index in [1.54, 1.807) is 30.3 Å². The maximum absolute atomic E-state index is 12.8. The number of imide groups is 1. The Morgan fingerprint density at radius 1 is 1.05 bits per heavy atom. The molecule has 3 aromatic rings. The third-order valence-corrected chi connectivity index (χ3v) is 6.04. The Bertz CT molecular complexity index is 1450. The summed E-state index contributed by atoms with van der Waals surface area (Å²) >= 11 is 12.7. The molecule has 0 bridgehead atoms. The lowest BCUT2D eigenvalue weighted by molar-refractivity contribution is -0.127. The monoisotopic (exact) mass is 553 g/mol. The summed E-state index contributed by atoms with van der Waals surface area (Å²) in [5.41, 5.74) is 2.75. The SMILES string of the molecule is Cc1cccc(NC(=O)CN2C(=O)N/C(=C/c3cc(Cl)c(OCc4ccc(C(=O)O)cc4)c(Cl)c3)C2=O)c1. The Balaban J connectivity index is 1.42. The lowest BCUT2D eigenvalue weighted by Crippen LogP contribution is -2.38. The van der Waals surface area contributed by atoms with Gasteiger partial charge in [0.05, 0.1) is 15.6 Å². The van der Waals surface area contributed by atoms with Gasteiger partial charge >= 0.3 is 12.0 Å². The maximum Gasteiger partial charge on any atom is 0.335 e. The van der Waals surface area contributed by atoms with Gasteiger partial charge in [-0.15, -0.1) is 0 Å². The largest absolute Gasteiger partial charge is 0.486 e. The van der Waals surface area contributed by atoms with Crippen molar-refractivity contribution >= 4 is 58.8 Å². The molecule has 194 valence electrons. The van der Waals surface area contributed by atoms with Crippen LogP contribution in [-0.2, 0) is 16.2 Å². The molecule has 0 spiro atoms. The van der Waals surface area contributed by atoms with E-state index in [2.05, 4.69) is 10.6 Å². The zero-order valence-corrected chi connectivity index (χ0v) is 21.5. The molecule has 11 heteroatoms. The van der Waals surface area contributed by atoms with Gasteiger partial charge in [0, 0.05) is 5.69 Å². The molecule has 1 aliphatic rings. The first-order valence-corrected chi connectivity index (χ1v) is 12.0. The van der Waals surface area contributed by atoms with Gasteiger partial charge in [0.1, 0.15) is 18.8 Å². The second-order valence-corrected chi connectivity index (χ2v) is 9.22. The number of nitrogens with one attached hydrogen (secondary N) is 2. The third kappa shape index (κ3) is 6.31. The van der Waals surface area contributed by atoms with Gasteiger partial charge in [-0.05, 0) is 66.1 Å². The highest BCUT2D eigenvalue weighted by molar-refractivity contribution is 6.37. The topological polar surface area (TPSA) is 125 Å². The number of rotatable bonds is 8. The number of amides is 4. The summed E-state index contributed by atoms with van der Waals surface area (Å²) in [6.45, 7) is 1.51. The first-order chi connectivity index (χ1) is 18.1. The van der Waals surface area contributed by atoms with Crippen molar-refractivity contribution in [1.29, 1.82) is 0 Å². The number of nitrogens with zero attached hydrogens (tertiary/aromatic N) is 1. The van der Waals surface area contributed by atoms with E-state index in [1.165, 1.54) is 30.3 Å². The lowest BCUT2D eigenvalue weighted by atomic mass is 10.1. The predicted octanol–water partition coefficient (Wildman–Crippen LogP) is 5.11. The molecule has 3 N–H and O–H groups in total. The van der Waals surface area contributed by atoms with Crippen LogP contribution in [0.1, 0.15) is 27.0 Å². The zero-order chi connectivity index (χ0) is 27.4. The number of halogens is 2. The summed E-state index contributed by atoms with van der Waals surface area (Å²) in [6, 6.07) is 15.6. The first-order valence-electron chi connectivity index (χ1n) is 11.3. The molecular formula is C27H21Cl2N3O6. The van der Waals surface area contributed by atoms with Gasteiger partial charge < -0.3 is 20.5 Å². The number of urea groups is 1. The second kappa shape index (κ2) is 11.4. The van der Waals surface area contributed by atoms with Crippen molar-refractivity contribution in [3.8, 4) is 5.75 Å². The second-order valence-electron chi connectivity index (χ2n) is 8.40. The molecule has 0 unspecified atom stereocenters. The molecule has 9 nitrogen and oxygen atoms in total. The minimum atomic E-state index is -1.03. The summed E-state index contributed by atoms with van der Waals surface area (Å²) in [4.78, 5) is 49.3. The number of aryl methyl sites for hydroxylation is 1. The standard InChI is InChI=1S/C27H21Cl2N3O6/c1-15-3-2-4-19(9-15)30-23(33)13-32-25(34)22(31-27(32)37)12-17-10-20(28)24(21(29)11-17)38-14-16-5-7-18(8-6-16)26(35)36/h2-12H,13-14H2,1H3,(H,30,33)(H,31,37)(H,35,36)/b22-12+. The number of carbonyl (C=O) groups excluding carboxylic acids is 3. The number of hydrogen-bond donors (Lipinski definition) is 3. The van der Waals surface area contributed by atoms with Crippen molar-refractivity contribution in [2.24, 2.45) is 0 Å². The smallest absolute Gasteiger partial charge is 0.335 e. The van der Waals surface area contributed by atoms with Gasteiger partial charge in [-0.2, -0.15) is 0 Å². The normalized spacial score (nSPS) is 14.0. The van der Waals surface area contributed by atoms with E-state index in [0.29, 0.717) is 16.8 Å². The highest BCUT2D eigenvalue weighted by atomic mass is 35.5. The summed E-state index contributed by atoms with van der Waals surface area (Å²) in [5, 5.41) is 14.4. The first kappa shape index (κ1) is 26.7. The molecule has 1 heterocycles. The van der Waals surface area contributed by atoms with Gasteiger partial charge in [-0.25, -0.2) is 14.5 Å². The number of ether oxygens (including phenoxy) is 1. The number of aromatic carboxylic acids is 1. The molecule has 1 saturated heterocycles. The van der Waals surface area contributed by atoms with Gasteiger partial charge in [0.25, 0.3) is 5.91 Å². The number of carboxylic acids is 1. The van der Waals surface area contributed by atoms with Crippen molar-refractivity contribution in [2.75, 3.05) is 11.9 Å². The highest BCUT2D eigenvalue weighted by Crippen LogP contribution is 2.35. The van der Waals surface area contributed by atoms with Crippen LogP contribution >= 0.6 is 23.2 Å². The number of anilines is 1. The lowest BCUT2D eigenvalue weighted by Gasteiger charge is -2.12. The molecule has 4 amide bonds. The average molecular weight is 554 g/mol. The van der Waals surface area contributed by atoms with Crippen LogP contribution in [-0.4, -0.2) is 40.4 Å². The summed E-state index contributed by atoms with van der Waals surface area (Å²) in [6.07, 6.45) is 1.39. The molecule has 0 radical (unpaired) electrons. The molecule has 0 atom stereocenters. The third-order valence-electron chi connectivity index (χ3n) is 5.48. The van der Waals surface area contributed by atoms with Gasteiger partial charge in [0.15, 0.2) is 5.75 Å². The zero-order valence-electron chi connectivity index (χ0n) is 20.0. The Morgan fingerprint density at radius 2 is 1.74 bits per heavy atom. The Labute approximate surface area is 227 Å². The van der Waals surface area contributed by atoms with E-state index in [0.717, 1.165) is 10.5 Å². The number of benzene rings is 3. The van der Waals surface area contributed by atoms with E-state index in [-0.39, 0.29) is 33.7 Å². The van der Waals surface area contributed by atoms with Crippen molar-refractivity contribution in [3.63, 3.8) is 0 Å². The average Bonchev–Trinajstić information content (AvgIpc) is 3.11. The molecule has 0 aromatic heterocycles. The molecule has 3 aromatic carbocycles. The van der Waals surface area contributed by atoms with Crippen LogP contribution in [0.5, 0.6) is 5.75 Å². The van der Waals surface area contributed by atoms with E-state index < -0.39 is 30.4 Å². The van der Waals surface area contributed by atoms with Crippen LogP contribution in [0.2, 0.25) is 10.0 Å². The quantitative estimate of drug-likeness (QED) is 0.263. The Kier molecular flexibility index (Phi) is 7.99. The number of hydrogen-bond acceptors (Lipinski definition) is 5. The highest BCUT2D eigenvalue weighted by Gasteiger charge is 2.35. The van der Waals surface area contributed by atoms with Gasteiger partial charge in [-0.1, -0.05) is 47.5 Å². The molecule has 1 aliphatic heterocycles. The van der Waals surface area contributed by atoms with Crippen LogP contribution in [0, 0.1) is 6.92 Å². The van der Waals surface area contributed by atoms with Gasteiger partial charge in [-0.3, -0.25) is 9.59 Å². The fraction of sp³-hybridized carbons (Fsp3) is 0.111. The van der Waals surface area contributed by atoms with Crippen LogP contribution in [0.15, 0.2) is 66.4 Å².